The van der Waals surface area contributed by atoms with Crippen LogP contribution in [0.15, 0.2) is 54.2 Å². The Morgan fingerprint density at radius 1 is 1.00 bits per heavy atom. The number of ether oxygens (including phenoxy) is 2. The molecule has 24 heavy (non-hydrogen) atoms. The number of anilines is 1. The summed E-state index contributed by atoms with van der Waals surface area (Å²) in [6.07, 6.45) is 1.92. The molecule has 0 atom stereocenters. The van der Waals surface area contributed by atoms with Gasteiger partial charge in [0.15, 0.2) is 0 Å². The molecular formula is C19H17NO4. The Balaban J connectivity index is 1.89. The van der Waals surface area contributed by atoms with Crippen LogP contribution in [0, 0.1) is 0 Å². The largest absolute Gasteiger partial charge is 0.466 e. The molecule has 1 N–H and O–H groups in total. The van der Waals surface area contributed by atoms with Crippen LogP contribution in [0.5, 0.6) is 0 Å². The normalized spacial score (nSPS) is 12.2. The highest BCUT2D eigenvalue weighted by atomic mass is 16.5. The summed E-state index contributed by atoms with van der Waals surface area (Å²) in [7, 11) is 2.51. The Labute approximate surface area is 139 Å². The van der Waals surface area contributed by atoms with Crippen molar-refractivity contribution in [2.45, 2.75) is 6.42 Å². The Kier molecular flexibility index (Phi) is 4.33. The molecule has 122 valence electrons. The van der Waals surface area contributed by atoms with Gasteiger partial charge < -0.3 is 14.8 Å². The number of hydrogen-bond acceptors (Lipinski definition) is 5. The molecule has 2 aromatic carbocycles. The lowest BCUT2D eigenvalue weighted by atomic mass is 10.1. The molecule has 0 amide bonds. The van der Waals surface area contributed by atoms with E-state index >= 15 is 0 Å². The van der Waals surface area contributed by atoms with Crippen molar-refractivity contribution in [2.24, 2.45) is 0 Å². The molecule has 0 spiro atoms. The van der Waals surface area contributed by atoms with E-state index in [1.54, 1.807) is 0 Å². The van der Waals surface area contributed by atoms with Gasteiger partial charge in [0.2, 0.25) is 0 Å². The minimum absolute atomic E-state index is 0.0276. The van der Waals surface area contributed by atoms with Gasteiger partial charge in [-0.15, -0.1) is 0 Å². The number of benzene rings is 2. The standard InChI is InChI=1S/C19H17NO4/c1-23-18(21)11-17(19(22)24-2)20-14-7-8-16-13(10-14)9-12-5-3-4-6-15(12)16/h3-8,10-11,20H,9H2,1-2H3/b17-11+. The smallest absolute Gasteiger partial charge is 0.354 e. The van der Waals surface area contributed by atoms with Crippen LogP contribution in [0.4, 0.5) is 5.69 Å². The molecule has 0 bridgehead atoms. The molecule has 1 aliphatic carbocycles. The van der Waals surface area contributed by atoms with E-state index in [9.17, 15) is 9.59 Å². The number of nitrogens with one attached hydrogen (secondary N) is 1. The highest BCUT2D eigenvalue weighted by molar-refractivity contribution is 5.98. The summed E-state index contributed by atoms with van der Waals surface area (Å²) in [5.41, 5.74) is 5.61. The maximum Gasteiger partial charge on any atom is 0.354 e. The molecular weight excluding hydrogens is 306 g/mol. The summed E-state index contributed by atoms with van der Waals surface area (Å²) >= 11 is 0. The summed E-state index contributed by atoms with van der Waals surface area (Å²) in [5, 5.41) is 2.94. The van der Waals surface area contributed by atoms with Crippen LogP contribution < -0.4 is 5.32 Å². The Morgan fingerprint density at radius 2 is 1.75 bits per heavy atom. The van der Waals surface area contributed by atoms with Gasteiger partial charge in [0.05, 0.1) is 20.3 Å². The SMILES string of the molecule is COC(=O)/C=C(/Nc1ccc2c(c1)Cc1ccccc1-2)C(=O)OC. The third kappa shape index (κ3) is 3.01. The Morgan fingerprint density at radius 3 is 2.50 bits per heavy atom. The van der Waals surface area contributed by atoms with Crippen molar-refractivity contribution in [3.05, 3.63) is 65.4 Å². The van der Waals surface area contributed by atoms with Crippen molar-refractivity contribution in [3.8, 4) is 11.1 Å². The molecule has 0 aliphatic heterocycles. The predicted molar refractivity (Wildman–Crippen MR) is 90.4 cm³/mol. The third-order valence-electron chi connectivity index (χ3n) is 3.94. The van der Waals surface area contributed by atoms with Gasteiger partial charge in [-0.2, -0.15) is 0 Å². The van der Waals surface area contributed by atoms with E-state index in [-0.39, 0.29) is 5.70 Å². The summed E-state index contributed by atoms with van der Waals surface area (Å²) in [5.74, 6) is -1.26. The lowest BCUT2D eigenvalue weighted by molar-refractivity contribution is -0.138. The van der Waals surface area contributed by atoms with Crippen molar-refractivity contribution in [2.75, 3.05) is 19.5 Å². The van der Waals surface area contributed by atoms with Gasteiger partial charge in [0.25, 0.3) is 0 Å². The maximum atomic E-state index is 11.8. The molecule has 0 aromatic heterocycles. The van der Waals surface area contributed by atoms with E-state index in [1.165, 1.54) is 36.5 Å². The maximum absolute atomic E-state index is 11.8. The van der Waals surface area contributed by atoms with E-state index < -0.39 is 11.9 Å². The molecule has 0 unspecified atom stereocenters. The zero-order chi connectivity index (χ0) is 17.1. The molecule has 2 aromatic rings. The predicted octanol–water partition coefficient (Wildman–Crippen LogP) is 2.90. The third-order valence-corrected chi connectivity index (χ3v) is 3.94. The van der Waals surface area contributed by atoms with Gasteiger partial charge in [-0.25, -0.2) is 9.59 Å². The second-order valence-electron chi connectivity index (χ2n) is 5.40. The first-order valence-electron chi connectivity index (χ1n) is 7.48. The average Bonchev–Trinajstić information content (AvgIpc) is 2.98. The lowest BCUT2D eigenvalue weighted by Gasteiger charge is -2.10. The number of carbonyl (C=O) groups is 2. The van der Waals surface area contributed by atoms with E-state index in [0.717, 1.165) is 12.5 Å². The molecule has 0 heterocycles. The summed E-state index contributed by atoms with van der Waals surface area (Å²) in [6, 6.07) is 14.1. The zero-order valence-electron chi connectivity index (χ0n) is 13.5. The first kappa shape index (κ1) is 15.8. The fraction of sp³-hybridized carbons (Fsp3) is 0.158. The van der Waals surface area contributed by atoms with Crippen LogP contribution in [0.3, 0.4) is 0 Å². The van der Waals surface area contributed by atoms with Crippen LogP contribution in [0.1, 0.15) is 11.1 Å². The number of esters is 2. The summed E-state index contributed by atoms with van der Waals surface area (Å²) < 4.78 is 9.26. The fourth-order valence-electron chi connectivity index (χ4n) is 2.81. The van der Waals surface area contributed by atoms with E-state index in [0.29, 0.717) is 5.69 Å². The number of hydrogen-bond donors (Lipinski definition) is 1. The second-order valence-corrected chi connectivity index (χ2v) is 5.40. The van der Waals surface area contributed by atoms with Crippen LogP contribution in [-0.4, -0.2) is 26.2 Å². The van der Waals surface area contributed by atoms with Gasteiger partial charge in [-0.1, -0.05) is 30.3 Å². The highest BCUT2D eigenvalue weighted by Crippen LogP contribution is 2.37. The number of fused-ring (bicyclic) bond motifs is 3. The van der Waals surface area contributed by atoms with Gasteiger partial charge >= 0.3 is 11.9 Å². The van der Waals surface area contributed by atoms with Crippen molar-refractivity contribution in [1.29, 1.82) is 0 Å². The van der Waals surface area contributed by atoms with E-state index in [4.69, 9.17) is 4.74 Å². The van der Waals surface area contributed by atoms with Crippen molar-refractivity contribution < 1.29 is 19.1 Å². The van der Waals surface area contributed by atoms with Crippen LogP contribution >= 0.6 is 0 Å². The minimum atomic E-state index is -0.635. The molecule has 1 aliphatic rings. The Bertz CT molecular complexity index is 839. The van der Waals surface area contributed by atoms with Gasteiger partial charge in [-0.05, 0) is 40.8 Å². The Hall–Kier alpha value is -3.08. The summed E-state index contributed by atoms with van der Waals surface area (Å²) in [6.45, 7) is 0. The monoisotopic (exact) mass is 323 g/mol. The van der Waals surface area contributed by atoms with Gasteiger partial charge in [0, 0.05) is 5.69 Å². The van der Waals surface area contributed by atoms with E-state index in [2.05, 4.69) is 22.2 Å². The highest BCUT2D eigenvalue weighted by Gasteiger charge is 2.19. The molecule has 5 nitrogen and oxygen atoms in total. The second kappa shape index (κ2) is 6.58. The lowest BCUT2D eigenvalue weighted by Crippen LogP contribution is -2.15. The topological polar surface area (TPSA) is 64.6 Å². The fourth-order valence-corrected chi connectivity index (χ4v) is 2.81. The zero-order valence-corrected chi connectivity index (χ0v) is 13.5. The van der Waals surface area contributed by atoms with Gasteiger partial charge in [0.1, 0.15) is 5.70 Å². The van der Waals surface area contributed by atoms with Gasteiger partial charge in [-0.3, -0.25) is 0 Å². The molecule has 0 saturated carbocycles. The quantitative estimate of drug-likeness (QED) is 0.591. The molecule has 5 heteroatoms. The molecule has 0 radical (unpaired) electrons. The van der Waals surface area contributed by atoms with Crippen molar-refractivity contribution in [1.82, 2.24) is 0 Å². The number of rotatable bonds is 4. The van der Waals surface area contributed by atoms with Crippen molar-refractivity contribution in [3.63, 3.8) is 0 Å². The average molecular weight is 323 g/mol. The molecule has 0 fully saturated rings. The number of carbonyl (C=O) groups excluding carboxylic acids is 2. The van der Waals surface area contributed by atoms with Crippen LogP contribution in [-0.2, 0) is 25.5 Å². The summed E-state index contributed by atoms with van der Waals surface area (Å²) in [4.78, 5) is 23.2. The first-order chi connectivity index (χ1) is 11.6. The van der Waals surface area contributed by atoms with Crippen LogP contribution in [0.25, 0.3) is 11.1 Å². The molecule has 0 saturated heterocycles. The van der Waals surface area contributed by atoms with E-state index in [1.807, 2.05) is 30.3 Å². The number of methoxy groups -OCH3 is 2. The van der Waals surface area contributed by atoms with Crippen LogP contribution in [0.2, 0.25) is 0 Å². The van der Waals surface area contributed by atoms with Crippen molar-refractivity contribution >= 4 is 17.6 Å². The first-order valence-corrected chi connectivity index (χ1v) is 7.48. The molecule has 3 rings (SSSR count). The minimum Gasteiger partial charge on any atom is -0.466 e.